The summed E-state index contributed by atoms with van der Waals surface area (Å²) in [6, 6.07) is 2.82. The molecule has 0 saturated carbocycles. The molecule has 86 valence electrons. The molecule has 0 bridgehead atoms. The van der Waals surface area contributed by atoms with Gasteiger partial charge in [-0.15, -0.1) is 11.6 Å². The molecule has 0 aliphatic carbocycles. The van der Waals surface area contributed by atoms with Gasteiger partial charge in [-0.3, -0.25) is 9.78 Å². The maximum absolute atomic E-state index is 11.1. The van der Waals surface area contributed by atoms with Gasteiger partial charge in [0.2, 0.25) is 5.91 Å². The van der Waals surface area contributed by atoms with Crippen molar-refractivity contribution in [2.24, 2.45) is 0 Å². The van der Waals surface area contributed by atoms with Gasteiger partial charge in [0.25, 0.3) is 0 Å². The van der Waals surface area contributed by atoms with Crippen LogP contribution >= 0.6 is 11.6 Å². The molecule has 0 aliphatic rings. The first-order chi connectivity index (χ1) is 7.63. The number of pyridine rings is 1. The normalized spacial score (nSPS) is 9.81. The second-order valence-electron chi connectivity index (χ2n) is 3.06. The van der Waals surface area contributed by atoms with E-state index < -0.39 is 5.97 Å². The minimum Gasteiger partial charge on any atom is -0.478 e. The van der Waals surface area contributed by atoms with Gasteiger partial charge in [0.05, 0.1) is 17.8 Å². The van der Waals surface area contributed by atoms with Crippen molar-refractivity contribution in [3.05, 3.63) is 29.6 Å². The van der Waals surface area contributed by atoms with Crippen LogP contribution in [0.3, 0.4) is 0 Å². The van der Waals surface area contributed by atoms with Gasteiger partial charge in [-0.05, 0) is 12.1 Å². The number of nitrogens with zero attached hydrogens (tertiary/aromatic N) is 1. The van der Waals surface area contributed by atoms with Crippen molar-refractivity contribution in [3.63, 3.8) is 0 Å². The van der Waals surface area contributed by atoms with Crippen LogP contribution in [0.5, 0.6) is 0 Å². The highest BCUT2D eigenvalue weighted by Crippen LogP contribution is 2.01. The van der Waals surface area contributed by atoms with E-state index in [0.717, 1.165) is 0 Å². The fourth-order valence-electron chi connectivity index (χ4n) is 1.07. The van der Waals surface area contributed by atoms with E-state index in [1.165, 1.54) is 18.3 Å². The van der Waals surface area contributed by atoms with Crippen molar-refractivity contribution in [1.29, 1.82) is 0 Å². The molecule has 0 atom stereocenters. The highest BCUT2D eigenvalue weighted by atomic mass is 35.5. The second kappa shape index (κ2) is 6.07. The zero-order valence-electron chi connectivity index (χ0n) is 8.44. The topological polar surface area (TPSA) is 79.3 Å². The molecule has 0 radical (unpaired) electrons. The summed E-state index contributed by atoms with van der Waals surface area (Å²) in [4.78, 5) is 25.7. The lowest BCUT2D eigenvalue weighted by Gasteiger charge is -2.03. The summed E-state index contributed by atoms with van der Waals surface area (Å²) in [6.45, 7) is 0.205. The van der Waals surface area contributed by atoms with Crippen LogP contribution in [-0.4, -0.2) is 27.8 Å². The van der Waals surface area contributed by atoms with Crippen molar-refractivity contribution in [2.45, 2.75) is 13.0 Å². The maximum atomic E-state index is 11.1. The Morgan fingerprint density at radius 3 is 2.88 bits per heavy atom. The van der Waals surface area contributed by atoms with E-state index in [2.05, 4.69) is 10.3 Å². The monoisotopic (exact) mass is 242 g/mol. The third-order valence-electron chi connectivity index (χ3n) is 1.85. The number of carboxylic acids is 1. The van der Waals surface area contributed by atoms with Gasteiger partial charge < -0.3 is 10.4 Å². The number of rotatable bonds is 5. The molecule has 1 heterocycles. The molecule has 1 aromatic rings. The SMILES string of the molecule is O=C(CCCl)NCc1cc(C(=O)O)ccn1. The lowest BCUT2D eigenvalue weighted by Crippen LogP contribution is -2.23. The number of aromatic nitrogens is 1. The molecule has 1 rings (SSSR count). The molecule has 0 aromatic carbocycles. The highest BCUT2D eigenvalue weighted by molar-refractivity contribution is 6.18. The molecule has 0 unspecified atom stereocenters. The number of hydrogen-bond acceptors (Lipinski definition) is 3. The summed E-state index contributed by atoms with van der Waals surface area (Å²) < 4.78 is 0. The number of hydrogen-bond donors (Lipinski definition) is 2. The zero-order valence-corrected chi connectivity index (χ0v) is 9.20. The van der Waals surface area contributed by atoms with Gasteiger partial charge in [0.1, 0.15) is 0 Å². The number of alkyl halides is 1. The number of amides is 1. The van der Waals surface area contributed by atoms with Gasteiger partial charge in [0.15, 0.2) is 0 Å². The summed E-state index contributed by atoms with van der Waals surface area (Å²) in [6.07, 6.45) is 1.63. The Morgan fingerprint density at radius 1 is 1.50 bits per heavy atom. The Balaban J connectivity index is 2.57. The predicted octanol–water partition coefficient (Wildman–Crippen LogP) is 1.02. The molecule has 1 aromatic heterocycles. The Labute approximate surface area is 97.4 Å². The summed E-state index contributed by atoms with van der Waals surface area (Å²) in [5, 5.41) is 11.3. The third kappa shape index (κ3) is 3.86. The first kappa shape index (κ1) is 12.4. The quantitative estimate of drug-likeness (QED) is 0.756. The zero-order chi connectivity index (χ0) is 12.0. The Bertz CT molecular complexity index is 395. The molecule has 2 N–H and O–H groups in total. The average molecular weight is 243 g/mol. The van der Waals surface area contributed by atoms with Crippen molar-refractivity contribution in [1.82, 2.24) is 10.3 Å². The van der Waals surface area contributed by atoms with Crippen LogP contribution in [0.1, 0.15) is 22.5 Å². The van der Waals surface area contributed by atoms with Crippen molar-refractivity contribution < 1.29 is 14.7 Å². The fourth-order valence-corrected chi connectivity index (χ4v) is 1.24. The van der Waals surface area contributed by atoms with Gasteiger partial charge in [0, 0.05) is 18.5 Å². The summed E-state index contributed by atoms with van der Waals surface area (Å²) in [5.74, 6) is -0.942. The van der Waals surface area contributed by atoms with E-state index in [1.807, 2.05) is 0 Å². The summed E-state index contributed by atoms with van der Waals surface area (Å²) >= 11 is 5.39. The van der Waals surface area contributed by atoms with Crippen molar-refractivity contribution in [2.75, 3.05) is 5.88 Å². The number of halogens is 1. The number of carbonyl (C=O) groups is 2. The van der Waals surface area contributed by atoms with E-state index in [1.54, 1.807) is 0 Å². The lowest BCUT2D eigenvalue weighted by atomic mass is 10.2. The van der Waals surface area contributed by atoms with Gasteiger partial charge in [-0.2, -0.15) is 0 Å². The summed E-state index contributed by atoms with van der Waals surface area (Å²) in [7, 11) is 0. The largest absolute Gasteiger partial charge is 0.478 e. The first-order valence-corrected chi connectivity index (χ1v) is 5.18. The molecule has 6 heteroatoms. The van der Waals surface area contributed by atoms with Crippen molar-refractivity contribution >= 4 is 23.5 Å². The highest BCUT2D eigenvalue weighted by Gasteiger charge is 2.05. The Hall–Kier alpha value is -1.62. The van der Waals surface area contributed by atoms with Gasteiger partial charge in [-0.1, -0.05) is 0 Å². The van der Waals surface area contributed by atoms with E-state index in [4.69, 9.17) is 16.7 Å². The van der Waals surface area contributed by atoms with Crippen LogP contribution in [0.2, 0.25) is 0 Å². The molecule has 0 saturated heterocycles. The summed E-state index contributed by atoms with van der Waals surface area (Å²) in [5.41, 5.74) is 0.652. The molecule has 0 fully saturated rings. The predicted molar refractivity (Wildman–Crippen MR) is 58.4 cm³/mol. The Kier molecular flexibility index (Phi) is 4.72. The molecule has 0 aliphatic heterocycles. The van der Waals surface area contributed by atoms with Gasteiger partial charge >= 0.3 is 5.97 Å². The van der Waals surface area contributed by atoms with Crippen LogP contribution < -0.4 is 5.32 Å². The fraction of sp³-hybridized carbons (Fsp3) is 0.300. The standard InChI is InChI=1S/C10H11ClN2O3/c11-3-1-9(14)13-6-8-5-7(10(15)16)2-4-12-8/h2,4-5H,1,3,6H2,(H,13,14)(H,15,16). The van der Waals surface area contributed by atoms with E-state index in [0.29, 0.717) is 5.69 Å². The van der Waals surface area contributed by atoms with Crippen LogP contribution in [0.4, 0.5) is 0 Å². The van der Waals surface area contributed by atoms with Crippen LogP contribution in [0, 0.1) is 0 Å². The number of carboxylic acid groups (broad SMARTS) is 1. The molecule has 16 heavy (non-hydrogen) atoms. The van der Waals surface area contributed by atoms with E-state index in [9.17, 15) is 9.59 Å². The average Bonchev–Trinajstić information content (AvgIpc) is 2.27. The third-order valence-corrected chi connectivity index (χ3v) is 2.04. The Morgan fingerprint density at radius 2 is 2.25 bits per heavy atom. The number of carbonyl (C=O) groups excluding carboxylic acids is 1. The van der Waals surface area contributed by atoms with Gasteiger partial charge in [-0.25, -0.2) is 4.79 Å². The molecule has 0 spiro atoms. The van der Waals surface area contributed by atoms with Crippen LogP contribution in [0.25, 0.3) is 0 Å². The van der Waals surface area contributed by atoms with E-state index in [-0.39, 0.29) is 30.3 Å². The smallest absolute Gasteiger partial charge is 0.335 e. The van der Waals surface area contributed by atoms with Crippen LogP contribution in [-0.2, 0) is 11.3 Å². The second-order valence-corrected chi connectivity index (χ2v) is 3.43. The number of nitrogens with one attached hydrogen (secondary N) is 1. The molecule has 5 nitrogen and oxygen atoms in total. The molecular formula is C10H11ClN2O3. The minimum absolute atomic E-state index is 0.150. The maximum Gasteiger partial charge on any atom is 0.335 e. The van der Waals surface area contributed by atoms with E-state index >= 15 is 0 Å². The van der Waals surface area contributed by atoms with Crippen molar-refractivity contribution in [3.8, 4) is 0 Å². The molecular weight excluding hydrogens is 232 g/mol. The lowest BCUT2D eigenvalue weighted by molar-refractivity contribution is -0.120. The first-order valence-electron chi connectivity index (χ1n) is 4.64. The van der Waals surface area contributed by atoms with Crippen LogP contribution in [0.15, 0.2) is 18.3 Å². The molecule has 1 amide bonds. The minimum atomic E-state index is -1.02. The number of aromatic carboxylic acids is 1.